The summed E-state index contributed by atoms with van der Waals surface area (Å²) in [5.74, 6) is 0.331. The fourth-order valence-corrected chi connectivity index (χ4v) is 5.00. The number of aromatic nitrogens is 2. The lowest BCUT2D eigenvalue weighted by atomic mass is 10.1. The van der Waals surface area contributed by atoms with Gasteiger partial charge in [0.1, 0.15) is 0 Å². The van der Waals surface area contributed by atoms with Crippen LogP contribution in [0.1, 0.15) is 18.5 Å². The number of aryl methyl sites for hydroxylation is 1. The summed E-state index contributed by atoms with van der Waals surface area (Å²) in [7, 11) is 1.98. The summed E-state index contributed by atoms with van der Waals surface area (Å²) in [5.41, 5.74) is 6.49. The lowest BCUT2D eigenvalue weighted by Gasteiger charge is -2.29. The Morgan fingerprint density at radius 1 is 1.09 bits per heavy atom. The van der Waals surface area contributed by atoms with Crippen molar-refractivity contribution in [3.8, 4) is 11.3 Å². The van der Waals surface area contributed by atoms with Gasteiger partial charge in [-0.05, 0) is 69.3 Å². The second-order valence-corrected chi connectivity index (χ2v) is 9.36. The third-order valence-electron chi connectivity index (χ3n) is 7.01. The van der Waals surface area contributed by atoms with Crippen LogP contribution in [0.3, 0.4) is 0 Å². The van der Waals surface area contributed by atoms with E-state index >= 15 is 0 Å². The number of aliphatic hydroxyl groups excluding tert-OH is 1. The van der Waals surface area contributed by atoms with Crippen molar-refractivity contribution in [1.29, 1.82) is 0 Å². The molecule has 0 amide bonds. The van der Waals surface area contributed by atoms with Gasteiger partial charge in [0.2, 0.25) is 0 Å². The number of morpholine rings is 1. The molecule has 2 aliphatic rings. The predicted molar refractivity (Wildman–Crippen MR) is 138 cm³/mol. The molecule has 2 aliphatic heterocycles. The Morgan fingerprint density at radius 2 is 1.97 bits per heavy atom. The van der Waals surface area contributed by atoms with Crippen LogP contribution in [-0.4, -0.2) is 74.7 Å². The molecule has 2 saturated heterocycles. The Labute approximate surface area is 201 Å². The van der Waals surface area contributed by atoms with E-state index in [1.54, 1.807) is 0 Å². The van der Waals surface area contributed by atoms with Crippen LogP contribution < -0.4 is 15.1 Å². The minimum absolute atomic E-state index is 0.243. The molecule has 2 aromatic heterocycles. The standard InChI is InChI=1S/C27H35N5O2/c1-28-9-2-3-22-5-4-21(17-29-22)25-16-27(32-10-8-20(18-32)19-33)24-7-6-23(15-26(24)30-25)31-11-13-34-14-12-31/h4-7,15-17,20,28,33H,2-3,8-14,18-19H2,1H3. The summed E-state index contributed by atoms with van der Waals surface area (Å²) in [4.78, 5) is 14.6. The van der Waals surface area contributed by atoms with Crippen LogP contribution in [0.5, 0.6) is 0 Å². The van der Waals surface area contributed by atoms with E-state index in [0.29, 0.717) is 5.92 Å². The van der Waals surface area contributed by atoms with Gasteiger partial charge in [-0.1, -0.05) is 0 Å². The number of nitrogens with zero attached hydrogens (tertiary/aromatic N) is 4. The van der Waals surface area contributed by atoms with E-state index in [-0.39, 0.29) is 6.61 Å². The van der Waals surface area contributed by atoms with Crippen LogP contribution in [0.2, 0.25) is 0 Å². The van der Waals surface area contributed by atoms with Gasteiger partial charge in [0.25, 0.3) is 0 Å². The first-order chi connectivity index (χ1) is 16.7. The van der Waals surface area contributed by atoms with E-state index in [9.17, 15) is 5.11 Å². The van der Waals surface area contributed by atoms with Gasteiger partial charge in [0, 0.05) is 72.9 Å². The second kappa shape index (κ2) is 10.7. The number of fused-ring (bicyclic) bond motifs is 1. The molecule has 2 fully saturated rings. The van der Waals surface area contributed by atoms with Crippen molar-refractivity contribution in [3.63, 3.8) is 0 Å². The molecule has 0 aliphatic carbocycles. The number of benzene rings is 1. The summed E-state index contributed by atoms with van der Waals surface area (Å²) in [6.07, 6.45) is 5.02. The van der Waals surface area contributed by atoms with Gasteiger partial charge in [-0.25, -0.2) is 4.98 Å². The van der Waals surface area contributed by atoms with Crippen LogP contribution in [0.4, 0.5) is 11.4 Å². The van der Waals surface area contributed by atoms with E-state index in [2.05, 4.69) is 51.5 Å². The average Bonchev–Trinajstić information content (AvgIpc) is 3.38. The van der Waals surface area contributed by atoms with Crippen molar-refractivity contribution in [3.05, 3.63) is 48.3 Å². The molecule has 7 nitrogen and oxygen atoms in total. The highest BCUT2D eigenvalue weighted by atomic mass is 16.5. The fourth-order valence-electron chi connectivity index (χ4n) is 5.00. The molecule has 1 unspecified atom stereocenters. The summed E-state index contributed by atoms with van der Waals surface area (Å²) in [6, 6.07) is 13.1. The van der Waals surface area contributed by atoms with E-state index in [4.69, 9.17) is 14.7 Å². The Hall–Kier alpha value is -2.74. The highest BCUT2D eigenvalue weighted by Gasteiger charge is 2.24. The van der Waals surface area contributed by atoms with Crippen molar-refractivity contribution in [2.45, 2.75) is 19.3 Å². The minimum Gasteiger partial charge on any atom is -0.396 e. The number of hydrogen-bond acceptors (Lipinski definition) is 7. The van der Waals surface area contributed by atoms with E-state index < -0.39 is 0 Å². The number of nitrogens with one attached hydrogen (secondary N) is 1. The summed E-state index contributed by atoms with van der Waals surface area (Å²) >= 11 is 0. The molecule has 5 rings (SSSR count). The quantitative estimate of drug-likeness (QED) is 0.500. The number of hydrogen-bond donors (Lipinski definition) is 2. The molecule has 7 heteroatoms. The molecule has 180 valence electrons. The van der Waals surface area contributed by atoms with Crippen molar-refractivity contribution < 1.29 is 9.84 Å². The van der Waals surface area contributed by atoms with Crippen molar-refractivity contribution in [2.75, 3.05) is 69.4 Å². The van der Waals surface area contributed by atoms with Crippen LogP contribution in [-0.2, 0) is 11.2 Å². The first-order valence-electron chi connectivity index (χ1n) is 12.5. The largest absolute Gasteiger partial charge is 0.396 e. The van der Waals surface area contributed by atoms with Gasteiger partial charge in [-0.3, -0.25) is 4.98 Å². The number of ether oxygens (including phenoxy) is 1. The minimum atomic E-state index is 0.243. The summed E-state index contributed by atoms with van der Waals surface area (Å²) < 4.78 is 5.54. The Morgan fingerprint density at radius 3 is 2.71 bits per heavy atom. The Bertz CT molecular complexity index is 1100. The van der Waals surface area contributed by atoms with Gasteiger partial charge >= 0.3 is 0 Å². The summed E-state index contributed by atoms with van der Waals surface area (Å²) in [5, 5.41) is 14.0. The maximum atomic E-state index is 9.69. The molecule has 34 heavy (non-hydrogen) atoms. The Balaban J connectivity index is 1.51. The predicted octanol–water partition coefficient (Wildman–Crippen LogP) is 3.10. The molecule has 1 atom stereocenters. The number of aliphatic hydroxyl groups is 1. The molecule has 1 aromatic carbocycles. The van der Waals surface area contributed by atoms with Crippen molar-refractivity contribution >= 4 is 22.3 Å². The first kappa shape index (κ1) is 23.0. The highest BCUT2D eigenvalue weighted by molar-refractivity contribution is 5.96. The lowest BCUT2D eigenvalue weighted by Crippen LogP contribution is -2.36. The monoisotopic (exact) mass is 461 g/mol. The van der Waals surface area contributed by atoms with Crippen molar-refractivity contribution in [1.82, 2.24) is 15.3 Å². The van der Waals surface area contributed by atoms with Crippen LogP contribution in [0, 0.1) is 5.92 Å². The fraction of sp³-hybridized carbons (Fsp3) is 0.481. The second-order valence-electron chi connectivity index (χ2n) is 9.36. The van der Waals surface area contributed by atoms with Crippen molar-refractivity contribution in [2.24, 2.45) is 5.92 Å². The zero-order chi connectivity index (χ0) is 23.3. The summed E-state index contributed by atoms with van der Waals surface area (Å²) in [6.45, 7) is 6.41. The van der Waals surface area contributed by atoms with E-state index in [1.807, 2.05) is 13.2 Å². The first-order valence-corrected chi connectivity index (χ1v) is 12.5. The molecule has 4 heterocycles. The molecule has 3 aromatic rings. The van der Waals surface area contributed by atoms with Gasteiger partial charge in [-0.15, -0.1) is 0 Å². The maximum Gasteiger partial charge on any atom is 0.0751 e. The van der Waals surface area contributed by atoms with Gasteiger partial charge in [-0.2, -0.15) is 0 Å². The number of pyridine rings is 2. The SMILES string of the molecule is CNCCCc1ccc(-c2cc(N3CCC(CO)C3)c3ccc(N4CCOCC4)cc3n2)cn1. The zero-order valence-electron chi connectivity index (χ0n) is 20.0. The average molecular weight is 462 g/mol. The molecular formula is C27H35N5O2. The topological polar surface area (TPSA) is 73.8 Å². The lowest BCUT2D eigenvalue weighted by molar-refractivity contribution is 0.122. The Kier molecular flexibility index (Phi) is 7.23. The third-order valence-corrected chi connectivity index (χ3v) is 7.01. The molecular weight excluding hydrogens is 426 g/mol. The molecule has 0 spiro atoms. The normalized spacial score (nSPS) is 18.7. The van der Waals surface area contributed by atoms with Crippen LogP contribution >= 0.6 is 0 Å². The zero-order valence-corrected chi connectivity index (χ0v) is 20.0. The maximum absolute atomic E-state index is 9.69. The number of rotatable bonds is 8. The smallest absolute Gasteiger partial charge is 0.0751 e. The van der Waals surface area contributed by atoms with Crippen LogP contribution in [0.25, 0.3) is 22.2 Å². The third kappa shape index (κ3) is 5.02. The molecule has 0 bridgehead atoms. The van der Waals surface area contributed by atoms with Gasteiger partial charge in [0.05, 0.1) is 24.4 Å². The highest BCUT2D eigenvalue weighted by Crippen LogP contribution is 2.35. The molecule has 0 radical (unpaired) electrons. The molecule has 2 N–H and O–H groups in total. The van der Waals surface area contributed by atoms with E-state index in [1.165, 1.54) is 11.4 Å². The molecule has 0 saturated carbocycles. The van der Waals surface area contributed by atoms with Gasteiger partial charge in [0.15, 0.2) is 0 Å². The van der Waals surface area contributed by atoms with Crippen LogP contribution in [0.15, 0.2) is 42.6 Å². The van der Waals surface area contributed by atoms with E-state index in [0.717, 1.165) is 93.1 Å². The van der Waals surface area contributed by atoms with Gasteiger partial charge < -0.3 is 25.0 Å². The number of anilines is 2.